The van der Waals surface area contributed by atoms with Crippen molar-refractivity contribution in [1.82, 2.24) is 19.9 Å². The van der Waals surface area contributed by atoms with Crippen LogP contribution in [0.1, 0.15) is 39.1 Å². The van der Waals surface area contributed by atoms with Gasteiger partial charge >= 0.3 is 0 Å². The molecule has 1 aliphatic heterocycles. The molecule has 2 N–H and O–H groups in total. The molecule has 2 atom stereocenters. The Morgan fingerprint density at radius 3 is 2.65 bits per heavy atom. The highest BCUT2D eigenvalue weighted by atomic mass is 32.1. The van der Waals surface area contributed by atoms with Crippen molar-refractivity contribution in [2.45, 2.75) is 39.3 Å². The number of carbonyl (C=O) groups excluding carboxylic acids is 1. The second-order valence-corrected chi connectivity index (χ2v) is 8.15. The second kappa shape index (κ2) is 8.28. The average molecular weight is 378 g/mol. The Morgan fingerprint density at radius 2 is 2.04 bits per heavy atom. The van der Waals surface area contributed by atoms with Crippen LogP contribution in [0.25, 0.3) is 10.7 Å². The molecule has 1 saturated heterocycles. The highest BCUT2D eigenvalue weighted by Gasteiger charge is 2.29. The number of nitrogens with two attached hydrogens (primary N) is 1. The second-order valence-electron chi connectivity index (χ2n) is 7.21. The van der Waals surface area contributed by atoms with Crippen molar-refractivity contribution < 1.29 is 9.32 Å². The zero-order valence-corrected chi connectivity index (χ0v) is 16.4. The molecule has 0 aliphatic carbocycles. The molecule has 1 unspecified atom stereocenters. The van der Waals surface area contributed by atoms with Gasteiger partial charge in [0.05, 0.1) is 17.0 Å². The van der Waals surface area contributed by atoms with Crippen LogP contribution in [-0.2, 0) is 4.79 Å². The third-order valence-electron chi connectivity index (χ3n) is 4.76. The Balaban J connectivity index is 1.55. The van der Waals surface area contributed by atoms with E-state index < -0.39 is 6.04 Å². The van der Waals surface area contributed by atoms with E-state index in [2.05, 4.69) is 35.8 Å². The lowest BCUT2D eigenvalue weighted by Gasteiger charge is -2.37. The Morgan fingerprint density at radius 1 is 1.31 bits per heavy atom. The van der Waals surface area contributed by atoms with E-state index in [9.17, 15) is 4.79 Å². The fourth-order valence-corrected chi connectivity index (χ4v) is 3.89. The maximum absolute atomic E-state index is 12.5. The fourth-order valence-electron chi connectivity index (χ4n) is 3.24. The van der Waals surface area contributed by atoms with Crippen molar-refractivity contribution in [3.8, 4) is 10.7 Å². The standard InChI is InChI=1S/C18H27N5O2S/c1-12(2)11-14(19)18(24)23-8-6-22(7-9-23)13(3)17-20-16(21-25-17)15-5-4-10-26-15/h4-5,10,12-14H,6-9,11,19H2,1-3H3/t13?,14-/m0/s1. The van der Waals surface area contributed by atoms with Gasteiger partial charge in [0.2, 0.25) is 17.6 Å². The van der Waals surface area contributed by atoms with E-state index in [0.717, 1.165) is 24.4 Å². The van der Waals surface area contributed by atoms with Crippen molar-refractivity contribution in [3.63, 3.8) is 0 Å². The van der Waals surface area contributed by atoms with E-state index in [0.29, 0.717) is 30.7 Å². The lowest BCUT2D eigenvalue weighted by molar-refractivity contribution is -0.135. The van der Waals surface area contributed by atoms with Crippen molar-refractivity contribution in [1.29, 1.82) is 0 Å². The van der Waals surface area contributed by atoms with E-state index in [-0.39, 0.29) is 11.9 Å². The van der Waals surface area contributed by atoms with Crippen LogP contribution in [0, 0.1) is 5.92 Å². The van der Waals surface area contributed by atoms with Gasteiger partial charge in [0, 0.05) is 26.2 Å². The number of carbonyl (C=O) groups is 1. The molecule has 2 aromatic rings. The summed E-state index contributed by atoms with van der Waals surface area (Å²) in [6.07, 6.45) is 0.725. The van der Waals surface area contributed by atoms with E-state index >= 15 is 0 Å². The molecule has 3 rings (SSSR count). The molecule has 0 spiro atoms. The predicted octanol–water partition coefficient (Wildman–Crippen LogP) is 2.38. The molecule has 0 radical (unpaired) electrons. The van der Waals surface area contributed by atoms with Gasteiger partial charge < -0.3 is 15.2 Å². The van der Waals surface area contributed by atoms with Gasteiger partial charge in [0.15, 0.2) is 0 Å². The first kappa shape index (κ1) is 19.0. The predicted molar refractivity (Wildman–Crippen MR) is 102 cm³/mol. The molecule has 2 aromatic heterocycles. The zero-order valence-electron chi connectivity index (χ0n) is 15.6. The van der Waals surface area contributed by atoms with Crippen molar-refractivity contribution >= 4 is 17.2 Å². The van der Waals surface area contributed by atoms with Crippen LogP contribution < -0.4 is 5.73 Å². The van der Waals surface area contributed by atoms with E-state index in [1.54, 1.807) is 11.3 Å². The first-order valence-corrected chi connectivity index (χ1v) is 9.99. The monoisotopic (exact) mass is 377 g/mol. The van der Waals surface area contributed by atoms with Gasteiger partial charge in [-0.1, -0.05) is 25.1 Å². The smallest absolute Gasteiger partial charge is 0.244 e. The summed E-state index contributed by atoms with van der Waals surface area (Å²) >= 11 is 1.59. The van der Waals surface area contributed by atoms with E-state index in [4.69, 9.17) is 10.3 Å². The van der Waals surface area contributed by atoms with Gasteiger partial charge in [0.1, 0.15) is 0 Å². The lowest BCUT2D eigenvalue weighted by atomic mass is 10.0. The molecular formula is C18H27N5O2S. The maximum atomic E-state index is 12.5. The molecule has 3 heterocycles. The minimum absolute atomic E-state index is 0.0257. The Hall–Kier alpha value is -1.77. The summed E-state index contributed by atoms with van der Waals surface area (Å²) in [6, 6.07) is 3.58. The van der Waals surface area contributed by atoms with Gasteiger partial charge in [0.25, 0.3) is 0 Å². The molecule has 7 nitrogen and oxygen atoms in total. The average Bonchev–Trinajstić information content (AvgIpc) is 3.31. The molecule has 0 bridgehead atoms. The molecule has 1 fully saturated rings. The summed E-state index contributed by atoms with van der Waals surface area (Å²) in [5.41, 5.74) is 6.05. The summed E-state index contributed by atoms with van der Waals surface area (Å²) in [6.45, 7) is 9.15. The van der Waals surface area contributed by atoms with E-state index in [1.165, 1.54) is 0 Å². The molecular weight excluding hydrogens is 350 g/mol. The largest absolute Gasteiger partial charge is 0.339 e. The third kappa shape index (κ3) is 4.31. The van der Waals surface area contributed by atoms with Crippen molar-refractivity contribution in [2.24, 2.45) is 11.7 Å². The lowest BCUT2D eigenvalue weighted by Crippen LogP contribution is -2.53. The summed E-state index contributed by atoms with van der Waals surface area (Å²) in [4.78, 5) is 22.1. The van der Waals surface area contributed by atoms with Crippen LogP contribution >= 0.6 is 11.3 Å². The molecule has 0 saturated carbocycles. The quantitative estimate of drug-likeness (QED) is 0.831. The summed E-state index contributed by atoms with van der Waals surface area (Å²) in [5.74, 6) is 1.73. The first-order chi connectivity index (χ1) is 12.5. The molecule has 1 aliphatic rings. The Labute approximate surface area is 158 Å². The summed E-state index contributed by atoms with van der Waals surface area (Å²) < 4.78 is 5.46. The minimum atomic E-state index is -0.400. The van der Waals surface area contributed by atoms with Crippen molar-refractivity contribution in [2.75, 3.05) is 26.2 Å². The topological polar surface area (TPSA) is 88.5 Å². The Bertz CT molecular complexity index is 707. The van der Waals surface area contributed by atoms with Crippen molar-refractivity contribution in [3.05, 3.63) is 23.4 Å². The third-order valence-corrected chi connectivity index (χ3v) is 5.62. The van der Waals surface area contributed by atoms with Gasteiger partial charge in [-0.3, -0.25) is 9.69 Å². The first-order valence-electron chi connectivity index (χ1n) is 9.11. The van der Waals surface area contributed by atoms with Gasteiger partial charge in [-0.25, -0.2) is 0 Å². The van der Waals surface area contributed by atoms with Gasteiger partial charge in [-0.05, 0) is 30.7 Å². The molecule has 0 aromatic carbocycles. The number of aromatic nitrogens is 2. The number of piperazine rings is 1. The number of rotatable bonds is 6. The number of thiophene rings is 1. The molecule has 26 heavy (non-hydrogen) atoms. The minimum Gasteiger partial charge on any atom is -0.339 e. The van der Waals surface area contributed by atoms with E-state index in [1.807, 2.05) is 22.4 Å². The van der Waals surface area contributed by atoms with Crippen LogP contribution in [-0.4, -0.2) is 58.1 Å². The summed E-state index contributed by atoms with van der Waals surface area (Å²) in [7, 11) is 0. The normalized spacial score (nSPS) is 18.3. The fraction of sp³-hybridized carbons (Fsp3) is 0.611. The van der Waals surface area contributed by atoms with Crippen LogP contribution in [0.4, 0.5) is 0 Å². The van der Waals surface area contributed by atoms with Gasteiger partial charge in [-0.15, -0.1) is 11.3 Å². The number of amides is 1. The van der Waals surface area contributed by atoms with Crippen LogP contribution in [0.15, 0.2) is 22.0 Å². The summed E-state index contributed by atoms with van der Waals surface area (Å²) in [5, 5.41) is 6.08. The number of hydrogen-bond donors (Lipinski definition) is 1. The van der Waals surface area contributed by atoms with Crippen LogP contribution in [0.3, 0.4) is 0 Å². The Kier molecular flexibility index (Phi) is 6.05. The van der Waals surface area contributed by atoms with Crippen LogP contribution in [0.5, 0.6) is 0 Å². The number of nitrogens with zero attached hydrogens (tertiary/aromatic N) is 4. The zero-order chi connectivity index (χ0) is 18.7. The SMILES string of the molecule is CC(C)C[C@H](N)C(=O)N1CCN(C(C)c2nc(-c3cccs3)no2)CC1. The number of hydrogen-bond acceptors (Lipinski definition) is 7. The molecule has 1 amide bonds. The van der Waals surface area contributed by atoms with Gasteiger partial charge in [-0.2, -0.15) is 4.98 Å². The molecule has 142 valence electrons. The van der Waals surface area contributed by atoms with Crippen LogP contribution in [0.2, 0.25) is 0 Å². The highest BCUT2D eigenvalue weighted by Crippen LogP contribution is 2.26. The molecule has 8 heteroatoms. The highest BCUT2D eigenvalue weighted by molar-refractivity contribution is 7.13. The maximum Gasteiger partial charge on any atom is 0.244 e.